The van der Waals surface area contributed by atoms with Gasteiger partial charge in [-0.1, -0.05) is 12.1 Å². The van der Waals surface area contributed by atoms with Gasteiger partial charge in [0.05, 0.1) is 10.9 Å². The van der Waals surface area contributed by atoms with Crippen LogP contribution in [-0.4, -0.2) is 22.9 Å². The molecule has 7 nitrogen and oxygen atoms in total. The van der Waals surface area contributed by atoms with Gasteiger partial charge in [0.25, 0.3) is 16.0 Å². The van der Waals surface area contributed by atoms with Crippen LogP contribution in [-0.2, 0) is 10.4 Å². The average molecular weight is 340 g/mol. The molecule has 1 N–H and O–H groups in total. The number of fused-ring (bicyclic) bond motifs is 1. The fourth-order valence-electron chi connectivity index (χ4n) is 2.01. The molecule has 112 valence electrons. The average Bonchev–Trinajstić information content (AvgIpc) is 2.46. The van der Waals surface area contributed by atoms with Crippen molar-refractivity contribution in [2.45, 2.75) is 0 Å². The molecular formula is C14H9N2NaO5S. The fourth-order valence-corrected chi connectivity index (χ4v) is 2.36. The summed E-state index contributed by atoms with van der Waals surface area (Å²) in [6, 6.07) is 12.5. The normalized spacial score (nSPS) is 11.0. The zero-order valence-electron chi connectivity index (χ0n) is 12.0. The first kappa shape index (κ1) is 17.6. The third-order valence-corrected chi connectivity index (χ3v) is 3.34. The molecule has 2 aromatic carbocycles. The monoisotopic (exact) mass is 340 g/mol. The second-order valence-corrected chi connectivity index (χ2v) is 5.43. The van der Waals surface area contributed by atoms with Crippen molar-refractivity contribution in [1.82, 2.24) is 9.97 Å². The van der Waals surface area contributed by atoms with Crippen LogP contribution in [0.5, 0.6) is 5.75 Å². The molecule has 0 saturated heterocycles. The van der Waals surface area contributed by atoms with E-state index >= 15 is 0 Å². The molecule has 0 amide bonds. The zero-order chi connectivity index (χ0) is 15.7. The summed E-state index contributed by atoms with van der Waals surface area (Å²) in [5.74, 6) is 0.224. The molecule has 0 atom stereocenters. The Morgan fingerprint density at radius 1 is 1.04 bits per heavy atom. The Kier molecular flexibility index (Phi) is 5.23. The molecule has 3 aromatic rings. The van der Waals surface area contributed by atoms with Crippen LogP contribution in [0.15, 0.2) is 53.3 Å². The predicted octanol–water partition coefficient (Wildman–Crippen LogP) is -1.57. The van der Waals surface area contributed by atoms with Gasteiger partial charge in [0.15, 0.2) is 0 Å². The van der Waals surface area contributed by atoms with Crippen LogP contribution in [0.25, 0.3) is 22.3 Å². The van der Waals surface area contributed by atoms with E-state index in [0.29, 0.717) is 22.3 Å². The van der Waals surface area contributed by atoms with E-state index in [1.807, 2.05) is 0 Å². The van der Waals surface area contributed by atoms with Gasteiger partial charge in [-0.25, -0.2) is 13.4 Å². The molecule has 0 saturated carbocycles. The minimum Gasteiger partial charge on any atom is -0.716 e. The standard InChI is InChI=1S/C14H10N2O5S.Na/c17-14-11-3-1-2-4-12(11)15-13(16-14)9-5-7-10(8-6-9)21-22(18,19)20;/h1-8H,(H,15,16,17)(H,18,19,20);/q;+1/p-1. The number of nitrogens with zero attached hydrogens (tertiary/aromatic N) is 1. The third-order valence-electron chi connectivity index (χ3n) is 2.94. The number of aromatic nitrogens is 2. The Labute approximate surface area is 153 Å². The van der Waals surface area contributed by atoms with Crippen LogP contribution in [0, 0.1) is 0 Å². The van der Waals surface area contributed by atoms with Gasteiger partial charge in [-0.15, -0.1) is 0 Å². The van der Waals surface area contributed by atoms with E-state index in [1.54, 1.807) is 24.3 Å². The van der Waals surface area contributed by atoms with E-state index in [1.165, 1.54) is 24.3 Å². The number of H-pyrrole nitrogens is 1. The largest absolute Gasteiger partial charge is 1.00 e. The minimum absolute atomic E-state index is 0. The molecule has 0 aliphatic carbocycles. The summed E-state index contributed by atoms with van der Waals surface area (Å²) in [7, 11) is -4.81. The van der Waals surface area contributed by atoms with E-state index in [4.69, 9.17) is 0 Å². The number of aromatic amines is 1. The first-order valence-corrected chi connectivity index (χ1v) is 7.50. The van der Waals surface area contributed by atoms with Gasteiger partial charge in [0, 0.05) is 5.56 Å². The summed E-state index contributed by atoms with van der Waals surface area (Å²) in [6.07, 6.45) is 0. The van der Waals surface area contributed by atoms with E-state index < -0.39 is 10.4 Å². The third kappa shape index (κ3) is 4.18. The van der Waals surface area contributed by atoms with Gasteiger partial charge < -0.3 is 13.7 Å². The van der Waals surface area contributed by atoms with Crippen molar-refractivity contribution >= 4 is 21.3 Å². The van der Waals surface area contributed by atoms with E-state index in [-0.39, 0.29) is 40.9 Å². The van der Waals surface area contributed by atoms with Crippen molar-refractivity contribution in [1.29, 1.82) is 0 Å². The maximum absolute atomic E-state index is 12.0. The maximum atomic E-state index is 12.0. The van der Waals surface area contributed by atoms with Gasteiger partial charge in [-0.2, -0.15) is 0 Å². The Bertz CT molecular complexity index is 1000. The van der Waals surface area contributed by atoms with Gasteiger partial charge in [0.1, 0.15) is 11.6 Å². The van der Waals surface area contributed by atoms with Gasteiger partial charge in [-0.3, -0.25) is 4.79 Å². The van der Waals surface area contributed by atoms with Gasteiger partial charge in [-0.05, 0) is 36.4 Å². The summed E-state index contributed by atoms with van der Waals surface area (Å²) < 4.78 is 35.7. The molecule has 1 heterocycles. The number of nitrogens with one attached hydrogen (secondary N) is 1. The second-order valence-electron chi connectivity index (χ2n) is 4.45. The zero-order valence-corrected chi connectivity index (χ0v) is 14.8. The maximum Gasteiger partial charge on any atom is 1.00 e. The summed E-state index contributed by atoms with van der Waals surface area (Å²) in [5, 5.41) is 0.476. The van der Waals surface area contributed by atoms with Crippen LogP contribution in [0.3, 0.4) is 0 Å². The summed E-state index contributed by atoms with van der Waals surface area (Å²) in [5.41, 5.74) is 0.824. The van der Waals surface area contributed by atoms with Crippen LogP contribution < -0.4 is 39.3 Å². The number of rotatable bonds is 3. The van der Waals surface area contributed by atoms with Gasteiger partial charge in [0.2, 0.25) is 0 Å². The molecule has 1 aromatic heterocycles. The fraction of sp³-hybridized carbons (Fsp3) is 0. The van der Waals surface area contributed by atoms with Gasteiger partial charge >= 0.3 is 29.6 Å². The first-order chi connectivity index (χ1) is 10.4. The van der Waals surface area contributed by atoms with Crippen molar-refractivity contribution in [3.63, 3.8) is 0 Å². The van der Waals surface area contributed by atoms with Crippen molar-refractivity contribution in [3.8, 4) is 17.1 Å². The predicted molar refractivity (Wildman–Crippen MR) is 78.1 cm³/mol. The van der Waals surface area contributed by atoms with Crippen LogP contribution in [0.1, 0.15) is 0 Å². The molecule has 0 spiro atoms. The molecule has 0 fully saturated rings. The Hall–Kier alpha value is -1.71. The number of hydrogen-bond acceptors (Lipinski definition) is 6. The van der Waals surface area contributed by atoms with Crippen LogP contribution >= 0.6 is 0 Å². The molecule has 9 heteroatoms. The van der Waals surface area contributed by atoms with Crippen molar-refractivity contribution in [2.24, 2.45) is 0 Å². The SMILES string of the molecule is O=c1[nH]c(-c2ccc(OS(=O)(=O)[O-])cc2)nc2ccccc12.[Na+]. The van der Waals surface area contributed by atoms with Crippen molar-refractivity contribution < 1.29 is 46.7 Å². The van der Waals surface area contributed by atoms with Crippen molar-refractivity contribution in [3.05, 3.63) is 58.9 Å². The van der Waals surface area contributed by atoms with E-state index in [0.717, 1.165) is 0 Å². The summed E-state index contributed by atoms with van der Waals surface area (Å²) in [6.45, 7) is 0. The van der Waals surface area contributed by atoms with E-state index in [9.17, 15) is 17.8 Å². The smallest absolute Gasteiger partial charge is 0.716 e. The van der Waals surface area contributed by atoms with Crippen molar-refractivity contribution in [2.75, 3.05) is 0 Å². The molecule has 0 radical (unpaired) electrons. The van der Waals surface area contributed by atoms with E-state index in [2.05, 4.69) is 14.2 Å². The molecule has 0 aliphatic rings. The second kappa shape index (κ2) is 6.81. The molecule has 23 heavy (non-hydrogen) atoms. The number of hydrogen-bond donors (Lipinski definition) is 1. The Morgan fingerprint density at radius 2 is 1.70 bits per heavy atom. The number of benzene rings is 2. The molecule has 0 aliphatic heterocycles. The van der Waals surface area contributed by atoms with Crippen LogP contribution in [0.4, 0.5) is 0 Å². The summed E-state index contributed by atoms with van der Waals surface area (Å²) >= 11 is 0. The topological polar surface area (TPSA) is 112 Å². The Morgan fingerprint density at radius 3 is 2.35 bits per heavy atom. The first-order valence-electron chi connectivity index (χ1n) is 6.17. The molecule has 3 rings (SSSR count). The quantitative estimate of drug-likeness (QED) is 0.350. The number of para-hydroxylation sites is 1. The Balaban J connectivity index is 0.00000192. The molecule has 0 unspecified atom stereocenters. The summed E-state index contributed by atoms with van der Waals surface area (Å²) in [4.78, 5) is 19.0. The minimum atomic E-state index is -4.81. The molecule has 0 bridgehead atoms. The molecular weight excluding hydrogens is 331 g/mol. The van der Waals surface area contributed by atoms with Crippen LogP contribution in [0.2, 0.25) is 0 Å².